The van der Waals surface area contributed by atoms with Gasteiger partial charge in [0.2, 0.25) is 0 Å². The molecule has 0 unspecified atom stereocenters. The molecule has 0 bridgehead atoms. The Morgan fingerprint density at radius 1 is 0.674 bits per heavy atom. The maximum absolute atomic E-state index is 12.8. The van der Waals surface area contributed by atoms with Gasteiger partial charge in [-0.2, -0.15) is 0 Å². The van der Waals surface area contributed by atoms with Crippen molar-refractivity contribution in [3.05, 3.63) is 163 Å². The summed E-state index contributed by atoms with van der Waals surface area (Å²) in [5.41, 5.74) is 8.69. The fourth-order valence-corrected chi connectivity index (χ4v) is 5.65. The van der Waals surface area contributed by atoms with Crippen LogP contribution >= 0.6 is 0 Å². The predicted molar refractivity (Wildman–Crippen MR) is 175 cm³/mol. The summed E-state index contributed by atoms with van der Waals surface area (Å²) in [5, 5.41) is 1.32. The number of pyridine rings is 2. The summed E-state index contributed by atoms with van der Waals surface area (Å²) in [6.45, 7) is 6.86. The molecule has 2 aromatic heterocycles. The van der Waals surface area contributed by atoms with E-state index in [1.54, 1.807) is 6.07 Å². The molecule has 1 radical (unpaired) electrons. The average molecular weight is 757 g/mol. The third kappa shape index (κ3) is 8.74. The molecule has 6 aromatic rings. The van der Waals surface area contributed by atoms with Gasteiger partial charge in [-0.25, -0.2) is 0 Å². The zero-order valence-corrected chi connectivity index (χ0v) is 27.9. The molecule has 0 amide bonds. The number of hydrogen-bond acceptors (Lipinski definition) is 2. The van der Waals surface area contributed by atoms with Crippen LogP contribution in [0.3, 0.4) is 0 Å². The molecular weight excluding hydrogens is 724 g/mol. The van der Waals surface area contributed by atoms with Crippen molar-refractivity contribution in [2.24, 2.45) is 0 Å². The first-order chi connectivity index (χ1) is 20.4. The van der Waals surface area contributed by atoms with Gasteiger partial charge in [0, 0.05) is 38.3 Å². The molecule has 0 atom stereocenters. The van der Waals surface area contributed by atoms with E-state index in [0.29, 0.717) is 0 Å². The molecule has 217 valence electrons. The van der Waals surface area contributed by atoms with E-state index in [2.05, 4.69) is 115 Å². The number of nitrogens with zero attached hydrogens (tertiary/aromatic N) is 2. The van der Waals surface area contributed by atoms with Gasteiger partial charge in [0.1, 0.15) is 0 Å². The topological polar surface area (TPSA) is 25.8 Å². The Morgan fingerprint density at radius 3 is 1.95 bits per heavy atom. The largest absolute Gasteiger partial charge is 0.305 e. The van der Waals surface area contributed by atoms with Crippen LogP contribution in [-0.2, 0) is 26.5 Å². The zero-order valence-electron chi connectivity index (χ0n) is 24.5. The van der Waals surface area contributed by atoms with Crippen molar-refractivity contribution in [2.75, 3.05) is 0 Å². The van der Waals surface area contributed by atoms with Gasteiger partial charge in [0.05, 0.1) is 8.07 Å². The monoisotopic (exact) mass is 757 g/mol. The Morgan fingerprint density at radius 2 is 1.35 bits per heavy atom. The number of halogens is 1. The van der Waals surface area contributed by atoms with Crippen molar-refractivity contribution in [1.82, 2.24) is 9.97 Å². The standard InChI is InChI=1S/C24H18N.C14H15FNSi.Ir/c1-3-9-19(10-4-1)17-22-18-21(24-13-7-8-16-25-24)14-15-23(22)20-11-5-2-6-12-20;1-17(2,3)13-8-9-14(16-10-13)11-4-6-12(15)7-5-11;/h1-13,15-16,18H,17H2;4,6-10H,1-3H3;/q2*-1;. The minimum atomic E-state index is -1.30. The van der Waals surface area contributed by atoms with E-state index < -0.39 is 8.07 Å². The van der Waals surface area contributed by atoms with Crippen LogP contribution in [0.1, 0.15) is 11.1 Å². The maximum Gasteiger partial charge on any atom is 0.0795 e. The van der Waals surface area contributed by atoms with E-state index in [9.17, 15) is 4.39 Å². The summed E-state index contributed by atoms with van der Waals surface area (Å²) in [6.07, 6.45) is 4.64. The van der Waals surface area contributed by atoms with Gasteiger partial charge in [0.25, 0.3) is 0 Å². The molecule has 0 N–H and O–H groups in total. The van der Waals surface area contributed by atoms with Crippen LogP contribution in [0.15, 0.2) is 134 Å². The molecule has 4 aromatic carbocycles. The summed E-state index contributed by atoms with van der Waals surface area (Å²) in [6, 6.07) is 46.2. The second-order valence-electron chi connectivity index (χ2n) is 11.1. The smallest absolute Gasteiger partial charge is 0.0795 e. The molecule has 0 spiro atoms. The van der Waals surface area contributed by atoms with Gasteiger partial charge in [-0.1, -0.05) is 116 Å². The third-order valence-electron chi connectivity index (χ3n) is 6.98. The van der Waals surface area contributed by atoms with E-state index in [1.807, 2.05) is 42.7 Å². The molecule has 0 fully saturated rings. The second kappa shape index (κ2) is 14.9. The summed E-state index contributed by atoms with van der Waals surface area (Å²) >= 11 is 0. The minimum absolute atomic E-state index is 0. The fraction of sp³-hybridized carbons (Fsp3) is 0.105. The molecule has 2 nitrogen and oxygen atoms in total. The van der Waals surface area contributed by atoms with Crippen LogP contribution in [0, 0.1) is 17.9 Å². The zero-order chi connectivity index (χ0) is 29.4. The second-order valence-corrected chi connectivity index (χ2v) is 16.2. The maximum atomic E-state index is 12.8. The molecule has 0 saturated carbocycles. The van der Waals surface area contributed by atoms with Gasteiger partial charge in [-0.05, 0) is 34.6 Å². The SMILES string of the molecule is C[Si](C)(C)c1ccc(-c2[c-]cc(F)cc2)nc1.[Ir].[c-]1cc(-c2ccccc2)c(Cc2ccccc2)cc1-c1ccccn1. The summed E-state index contributed by atoms with van der Waals surface area (Å²) < 4.78 is 12.8. The van der Waals surface area contributed by atoms with E-state index in [4.69, 9.17) is 0 Å². The average Bonchev–Trinajstić information content (AvgIpc) is 3.03. The van der Waals surface area contributed by atoms with Crippen molar-refractivity contribution >= 4 is 13.3 Å². The van der Waals surface area contributed by atoms with Crippen LogP contribution in [0.25, 0.3) is 33.6 Å². The van der Waals surface area contributed by atoms with Crippen molar-refractivity contribution in [3.63, 3.8) is 0 Å². The van der Waals surface area contributed by atoms with Gasteiger partial charge in [0.15, 0.2) is 0 Å². The van der Waals surface area contributed by atoms with E-state index in [0.717, 1.165) is 28.9 Å². The number of benzene rings is 4. The molecule has 6 rings (SSSR count). The number of aromatic nitrogens is 2. The molecule has 0 saturated heterocycles. The number of hydrogen-bond donors (Lipinski definition) is 0. The van der Waals surface area contributed by atoms with Crippen LogP contribution in [0.4, 0.5) is 4.39 Å². The molecule has 2 heterocycles. The van der Waals surface area contributed by atoms with Gasteiger partial charge >= 0.3 is 0 Å². The molecule has 0 aliphatic rings. The summed E-state index contributed by atoms with van der Waals surface area (Å²) in [4.78, 5) is 8.89. The Bertz CT molecular complexity index is 1700. The molecule has 0 aliphatic carbocycles. The predicted octanol–water partition coefficient (Wildman–Crippen LogP) is 9.04. The van der Waals surface area contributed by atoms with Gasteiger partial charge in [-0.3, -0.25) is 4.39 Å². The Kier molecular flexibility index (Phi) is 11.1. The fourth-order valence-electron chi connectivity index (χ4n) is 4.62. The minimum Gasteiger partial charge on any atom is -0.305 e. The van der Waals surface area contributed by atoms with Crippen LogP contribution in [0.2, 0.25) is 19.6 Å². The molecule has 5 heteroatoms. The van der Waals surface area contributed by atoms with Crippen LogP contribution in [0.5, 0.6) is 0 Å². The molecule has 0 aliphatic heterocycles. The first kappa shape index (κ1) is 31.9. The molecular formula is C38H33FIrN2Si-2. The van der Waals surface area contributed by atoms with Crippen molar-refractivity contribution in [1.29, 1.82) is 0 Å². The first-order valence-electron chi connectivity index (χ1n) is 14.1. The molecule has 43 heavy (non-hydrogen) atoms. The van der Waals surface area contributed by atoms with Gasteiger partial charge in [-0.15, -0.1) is 59.2 Å². The summed E-state index contributed by atoms with van der Waals surface area (Å²) in [5.74, 6) is -0.271. The Labute approximate surface area is 269 Å². The van der Waals surface area contributed by atoms with E-state index in [-0.39, 0.29) is 25.9 Å². The summed E-state index contributed by atoms with van der Waals surface area (Å²) in [7, 11) is -1.30. The quantitative estimate of drug-likeness (QED) is 0.125. The Hall–Kier alpha value is -4.02. The van der Waals surface area contributed by atoms with Crippen molar-refractivity contribution < 1.29 is 24.5 Å². The van der Waals surface area contributed by atoms with Crippen LogP contribution in [-0.4, -0.2) is 18.0 Å². The van der Waals surface area contributed by atoms with Crippen molar-refractivity contribution in [2.45, 2.75) is 26.1 Å². The third-order valence-corrected chi connectivity index (χ3v) is 9.01. The van der Waals surface area contributed by atoms with Crippen molar-refractivity contribution in [3.8, 4) is 33.6 Å². The van der Waals surface area contributed by atoms with Gasteiger partial charge < -0.3 is 9.97 Å². The first-order valence-corrected chi connectivity index (χ1v) is 17.6. The van der Waals surface area contributed by atoms with E-state index in [1.165, 1.54) is 39.6 Å². The number of rotatable bonds is 6. The van der Waals surface area contributed by atoms with Crippen LogP contribution < -0.4 is 5.19 Å². The normalized spacial score (nSPS) is 10.7. The Balaban J connectivity index is 0.000000207. The van der Waals surface area contributed by atoms with E-state index >= 15 is 0 Å².